The maximum absolute atomic E-state index is 12.3. The largest absolute Gasteiger partial charge is 0.511 e. The zero-order valence-corrected chi connectivity index (χ0v) is 20.0. The molecule has 0 heterocycles. The van der Waals surface area contributed by atoms with Gasteiger partial charge in [0, 0.05) is 19.1 Å². The molecule has 0 unspecified atom stereocenters. The molecule has 0 spiro atoms. The van der Waals surface area contributed by atoms with Crippen LogP contribution in [-0.4, -0.2) is 29.7 Å². The number of aliphatic imine (C=N–C) groups is 1. The number of rotatable bonds is 13. The van der Waals surface area contributed by atoms with Crippen LogP contribution in [-0.2, 0) is 9.53 Å². The lowest BCUT2D eigenvalue weighted by Gasteiger charge is -2.28. The van der Waals surface area contributed by atoms with Gasteiger partial charge in [0.2, 0.25) is 0 Å². The van der Waals surface area contributed by atoms with E-state index in [-0.39, 0.29) is 28.5 Å². The van der Waals surface area contributed by atoms with Gasteiger partial charge in [-0.15, -0.1) is 0 Å². The summed E-state index contributed by atoms with van der Waals surface area (Å²) in [4.78, 5) is 28.7. The zero-order valence-electron chi connectivity index (χ0n) is 20.0. The van der Waals surface area contributed by atoms with E-state index in [2.05, 4.69) is 11.9 Å². The molecule has 0 bridgehead atoms. The number of Topliss-reactive ketones (excluding diaryl/α,β-unsaturated/α-hetero) is 1. The Balaban J connectivity index is 1.71. The number of allylic oxidation sites excluding steroid dienone is 2. The summed E-state index contributed by atoms with van der Waals surface area (Å²) in [6.07, 6.45) is 13.3. The molecule has 1 N–H and O–H groups in total. The normalized spacial score (nSPS) is 16.0. The molecule has 1 aliphatic carbocycles. The van der Waals surface area contributed by atoms with Crippen molar-refractivity contribution in [1.82, 2.24) is 0 Å². The quantitative estimate of drug-likeness (QED) is 0.198. The molecule has 0 radical (unpaired) electrons. The first-order valence-corrected chi connectivity index (χ1v) is 12.1. The SMILES string of the molecule is CCCCCCCCCCCOC(=O)c1ccc(N=CC2=C(O)CC(C)(C)CC2=O)cc1. The summed E-state index contributed by atoms with van der Waals surface area (Å²) in [6.45, 7) is 6.60. The van der Waals surface area contributed by atoms with Crippen LogP contribution < -0.4 is 0 Å². The standard InChI is InChI=1S/C27H39NO4/c1-4-5-6-7-8-9-10-11-12-17-32-26(31)21-13-15-22(16-14-21)28-20-23-24(29)18-27(2,3)19-25(23)30/h13-16,20,29H,4-12,17-19H2,1-3H3. The fraction of sp³-hybridized carbons (Fsp3) is 0.593. The summed E-state index contributed by atoms with van der Waals surface area (Å²) in [5.41, 5.74) is 1.14. The maximum Gasteiger partial charge on any atom is 0.338 e. The zero-order chi connectivity index (χ0) is 23.4. The summed E-state index contributed by atoms with van der Waals surface area (Å²) in [5, 5.41) is 10.2. The van der Waals surface area contributed by atoms with Gasteiger partial charge in [0.15, 0.2) is 5.78 Å². The van der Waals surface area contributed by atoms with Gasteiger partial charge in [-0.25, -0.2) is 4.79 Å². The van der Waals surface area contributed by atoms with Crippen LogP contribution in [0, 0.1) is 5.41 Å². The number of unbranched alkanes of at least 4 members (excludes halogenated alkanes) is 8. The Labute approximate surface area is 193 Å². The fourth-order valence-corrected chi connectivity index (χ4v) is 3.93. The van der Waals surface area contributed by atoms with E-state index in [0.717, 1.165) is 12.8 Å². The van der Waals surface area contributed by atoms with Gasteiger partial charge in [-0.3, -0.25) is 9.79 Å². The molecule has 0 saturated carbocycles. The molecule has 176 valence electrons. The average molecular weight is 442 g/mol. The highest BCUT2D eigenvalue weighted by Gasteiger charge is 2.32. The Bertz CT molecular complexity index is 805. The predicted octanol–water partition coefficient (Wildman–Crippen LogP) is 7.28. The maximum atomic E-state index is 12.3. The van der Waals surface area contributed by atoms with Crippen molar-refractivity contribution in [2.24, 2.45) is 10.4 Å². The first kappa shape index (κ1) is 25.8. The van der Waals surface area contributed by atoms with Gasteiger partial charge in [0.1, 0.15) is 5.76 Å². The number of hydrogen-bond donors (Lipinski definition) is 1. The molecule has 1 aliphatic rings. The average Bonchev–Trinajstić information content (AvgIpc) is 2.74. The van der Waals surface area contributed by atoms with Crippen molar-refractivity contribution >= 4 is 23.7 Å². The molecule has 0 saturated heterocycles. The molecule has 0 fully saturated rings. The summed E-state index contributed by atoms with van der Waals surface area (Å²) in [5.74, 6) is -0.337. The number of aliphatic hydroxyl groups is 1. The molecule has 0 atom stereocenters. The van der Waals surface area contributed by atoms with Crippen LogP contribution in [0.25, 0.3) is 0 Å². The van der Waals surface area contributed by atoms with Crippen LogP contribution in [0.3, 0.4) is 0 Å². The lowest BCUT2D eigenvalue weighted by Crippen LogP contribution is -2.26. The van der Waals surface area contributed by atoms with Gasteiger partial charge in [0.25, 0.3) is 0 Å². The molecule has 32 heavy (non-hydrogen) atoms. The number of carbonyl (C=O) groups is 2. The van der Waals surface area contributed by atoms with Crippen molar-refractivity contribution in [3.63, 3.8) is 0 Å². The molecule has 0 aliphatic heterocycles. The van der Waals surface area contributed by atoms with Crippen molar-refractivity contribution in [2.45, 2.75) is 91.4 Å². The number of ketones is 1. The number of ether oxygens (including phenoxy) is 1. The fourth-order valence-electron chi connectivity index (χ4n) is 3.93. The van der Waals surface area contributed by atoms with E-state index in [1.165, 1.54) is 51.2 Å². The van der Waals surface area contributed by atoms with Gasteiger partial charge in [-0.05, 0) is 36.1 Å². The number of nitrogens with zero attached hydrogens (tertiary/aromatic N) is 1. The lowest BCUT2D eigenvalue weighted by atomic mass is 9.77. The number of hydrogen-bond acceptors (Lipinski definition) is 5. The first-order chi connectivity index (χ1) is 15.3. The van der Waals surface area contributed by atoms with E-state index in [1.807, 2.05) is 13.8 Å². The summed E-state index contributed by atoms with van der Waals surface area (Å²) >= 11 is 0. The van der Waals surface area contributed by atoms with E-state index in [0.29, 0.717) is 30.7 Å². The monoisotopic (exact) mass is 441 g/mol. The van der Waals surface area contributed by atoms with Crippen molar-refractivity contribution < 1.29 is 19.4 Å². The molecule has 2 rings (SSSR count). The Morgan fingerprint density at radius 3 is 2.19 bits per heavy atom. The molecule has 0 aromatic heterocycles. The molecule has 5 heteroatoms. The highest BCUT2D eigenvalue weighted by atomic mass is 16.5. The minimum absolute atomic E-state index is 0.0895. The minimum Gasteiger partial charge on any atom is -0.511 e. The van der Waals surface area contributed by atoms with Crippen LogP contribution >= 0.6 is 0 Å². The van der Waals surface area contributed by atoms with Crippen LogP contribution in [0.2, 0.25) is 0 Å². The van der Waals surface area contributed by atoms with Gasteiger partial charge in [-0.1, -0.05) is 72.1 Å². The van der Waals surface area contributed by atoms with Crippen molar-refractivity contribution in [2.75, 3.05) is 6.61 Å². The number of esters is 1. The Hall–Kier alpha value is -2.43. The third-order valence-corrected chi connectivity index (χ3v) is 5.82. The van der Waals surface area contributed by atoms with Crippen molar-refractivity contribution in [3.8, 4) is 0 Å². The Morgan fingerprint density at radius 2 is 1.59 bits per heavy atom. The Kier molecular flexibility index (Phi) is 10.6. The highest BCUT2D eigenvalue weighted by Crippen LogP contribution is 2.35. The van der Waals surface area contributed by atoms with Gasteiger partial charge in [-0.2, -0.15) is 0 Å². The second-order valence-electron chi connectivity index (χ2n) is 9.57. The molecule has 5 nitrogen and oxygen atoms in total. The molecular weight excluding hydrogens is 402 g/mol. The van der Waals surface area contributed by atoms with Crippen LogP contribution in [0.5, 0.6) is 0 Å². The topological polar surface area (TPSA) is 76.0 Å². The second kappa shape index (κ2) is 13.2. The Morgan fingerprint density at radius 1 is 1.00 bits per heavy atom. The smallest absolute Gasteiger partial charge is 0.338 e. The van der Waals surface area contributed by atoms with E-state index in [4.69, 9.17) is 4.74 Å². The van der Waals surface area contributed by atoms with Crippen LogP contribution in [0.4, 0.5) is 5.69 Å². The number of carbonyl (C=O) groups excluding carboxylic acids is 2. The molecular formula is C27H39NO4. The van der Waals surface area contributed by atoms with Crippen LogP contribution in [0.1, 0.15) is 102 Å². The minimum atomic E-state index is -0.329. The third-order valence-electron chi connectivity index (χ3n) is 5.82. The van der Waals surface area contributed by atoms with Gasteiger partial charge < -0.3 is 9.84 Å². The van der Waals surface area contributed by atoms with Crippen molar-refractivity contribution in [1.29, 1.82) is 0 Å². The van der Waals surface area contributed by atoms with Gasteiger partial charge >= 0.3 is 5.97 Å². The van der Waals surface area contributed by atoms with E-state index < -0.39 is 0 Å². The van der Waals surface area contributed by atoms with E-state index in [1.54, 1.807) is 24.3 Å². The van der Waals surface area contributed by atoms with E-state index >= 15 is 0 Å². The van der Waals surface area contributed by atoms with Crippen LogP contribution in [0.15, 0.2) is 40.6 Å². The first-order valence-electron chi connectivity index (χ1n) is 12.1. The molecule has 1 aromatic rings. The van der Waals surface area contributed by atoms with Crippen molar-refractivity contribution in [3.05, 3.63) is 41.2 Å². The molecule has 1 aromatic carbocycles. The number of benzene rings is 1. The van der Waals surface area contributed by atoms with Gasteiger partial charge in [0.05, 0.1) is 23.4 Å². The third kappa shape index (κ3) is 8.97. The summed E-state index contributed by atoms with van der Waals surface area (Å²) in [7, 11) is 0. The second-order valence-corrected chi connectivity index (χ2v) is 9.57. The van der Waals surface area contributed by atoms with E-state index in [9.17, 15) is 14.7 Å². The molecule has 0 amide bonds. The predicted molar refractivity (Wildman–Crippen MR) is 130 cm³/mol. The lowest BCUT2D eigenvalue weighted by molar-refractivity contribution is -0.117. The highest BCUT2D eigenvalue weighted by molar-refractivity contribution is 6.14. The number of aliphatic hydroxyl groups excluding tert-OH is 1. The summed E-state index contributed by atoms with van der Waals surface area (Å²) < 4.78 is 5.37. The summed E-state index contributed by atoms with van der Waals surface area (Å²) in [6, 6.07) is 6.76.